The molecule has 0 bridgehead atoms. The predicted molar refractivity (Wildman–Crippen MR) is 94.3 cm³/mol. The summed E-state index contributed by atoms with van der Waals surface area (Å²) in [6, 6.07) is 4.20. The van der Waals surface area contributed by atoms with Crippen LogP contribution in [0, 0.1) is 24.7 Å². The molecule has 2 saturated carbocycles. The van der Waals surface area contributed by atoms with Crippen LogP contribution in [0.1, 0.15) is 62.2 Å². The van der Waals surface area contributed by atoms with Crippen LogP contribution in [-0.2, 0) is 0 Å². The number of benzene rings is 1. The molecule has 4 atom stereocenters. The van der Waals surface area contributed by atoms with E-state index >= 15 is 0 Å². The van der Waals surface area contributed by atoms with Gasteiger partial charge >= 0.3 is 0 Å². The van der Waals surface area contributed by atoms with Crippen LogP contribution < -0.4 is 0 Å². The van der Waals surface area contributed by atoms with Crippen LogP contribution in [0.3, 0.4) is 0 Å². The van der Waals surface area contributed by atoms with E-state index in [1.54, 1.807) is 0 Å². The molecule has 4 unspecified atom stereocenters. The Labute approximate surface area is 144 Å². The minimum absolute atomic E-state index is 0.334. The zero-order valence-electron chi connectivity index (χ0n) is 12.6. The summed E-state index contributed by atoms with van der Waals surface area (Å²) in [5.74, 6) is 2.23. The first-order chi connectivity index (χ1) is 10.1. The number of halogens is 2. The summed E-state index contributed by atoms with van der Waals surface area (Å²) in [7, 11) is 0. The Hall–Kier alpha value is 0.140. The lowest BCUT2D eigenvalue weighted by atomic mass is 9.66. The van der Waals surface area contributed by atoms with Gasteiger partial charge in [0.1, 0.15) is 0 Å². The zero-order valence-corrected chi connectivity index (χ0v) is 15.8. The van der Waals surface area contributed by atoms with E-state index in [1.807, 2.05) is 0 Å². The zero-order chi connectivity index (χ0) is 15.0. The molecule has 2 aliphatic carbocycles. The number of aliphatic hydroxyl groups excluding tert-OH is 1. The molecule has 2 fully saturated rings. The second kappa shape index (κ2) is 6.72. The quantitative estimate of drug-likeness (QED) is 0.613. The molecule has 1 aromatic carbocycles. The summed E-state index contributed by atoms with van der Waals surface area (Å²) in [5, 5.41) is 10.9. The second-order valence-corrected chi connectivity index (χ2v) is 8.65. The van der Waals surface area contributed by atoms with Gasteiger partial charge in [-0.3, -0.25) is 0 Å². The monoisotopic (exact) mass is 414 g/mol. The molecule has 0 aliphatic heterocycles. The fourth-order valence-corrected chi connectivity index (χ4v) is 5.39. The van der Waals surface area contributed by atoms with Crippen molar-refractivity contribution in [2.45, 2.75) is 58.0 Å². The van der Waals surface area contributed by atoms with E-state index < -0.39 is 0 Å². The van der Waals surface area contributed by atoms with Crippen LogP contribution in [0.25, 0.3) is 0 Å². The van der Waals surface area contributed by atoms with Gasteiger partial charge in [0.05, 0.1) is 6.10 Å². The Bertz CT molecular complexity index is 514. The van der Waals surface area contributed by atoms with Gasteiger partial charge in [-0.2, -0.15) is 0 Å². The number of hydrogen-bond acceptors (Lipinski definition) is 1. The van der Waals surface area contributed by atoms with Crippen molar-refractivity contribution in [3.05, 3.63) is 32.2 Å². The lowest BCUT2D eigenvalue weighted by molar-refractivity contribution is 0.0345. The highest BCUT2D eigenvalue weighted by Gasteiger charge is 2.35. The van der Waals surface area contributed by atoms with Crippen molar-refractivity contribution >= 4 is 31.9 Å². The molecule has 1 nitrogen and oxygen atoms in total. The van der Waals surface area contributed by atoms with Crippen LogP contribution in [-0.4, -0.2) is 5.11 Å². The first-order valence-corrected chi connectivity index (χ1v) is 9.78. The average Bonchev–Trinajstić information content (AvgIpc) is 2.50. The van der Waals surface area contributed by atoms with E-state index in [9.17, 15) is 5.11 Å². The number of fused-ring (bicyclic) bond motifs is 1. The molecule has 0 aromatic heterocycles. The Balaban J connectivity index is 1.76. The van der Waals surface area contributed by atoms with Gasteiger partial charge < -0.3 is 5.11 Å². The first-order valence-electron chi connectivity index (χ1n) is 8.20. The van der Waals surface area contributed by atoms with Crippen LogP contribution in [0.2, 0.25) is 0 Å². The summed E-state index contributed by atoms with van der Waals surface area (Å²) in [4.78, 5) is 0. The van der Waals surface area contributed by atoms with Crippen LogP contribution >= 0.6 is 31.9 Å². The largest absolute Gasteiger partial charge is 0.388 e. The van der Waals surface area contributed by atoms with Gasteiger partial charge in [-0.05, 0) is 67.2 Å². The van der Waals surface area contributed by atoms with Gasteiger partial charge in [0.15, 0.2) is 0 Å². The molecular weight excluding hydrogens is 392 g/mol. The van der Waals surface area contributed by atoms with Gasteiger partial charge in [0.25, 0.3) is 0 Å². The summed E-state index contributed by atoms with van der Waals surface area (Å²) >= 11 is 7.23. The molecule has 1 N–H and O–H groups in total. The lowest BCUT2D eigenvalue weighted by Crippen LogP contribution is -2.30. The van der Waals surface area contributed by atoms with Crippen molar-refractivity contribution in [2.24, 2.45) is 17.8 Å². The highest BCUT2D eigenvalue weighted by molar-refractivity contribution is 9.11. The fourth-order valence-electron chi connectivity index (χ4n) is 4.34. The van der Waals surface area contributed by atoms with Crippen LogP contribution in [0.4, 0.5) is 0 Å². The molecule has 3 heteroatoms. The van der Waals surface area contributed by atoms with Crippen molar-refractivity contribution < 1.29 is 5.11 Å². The third-order valence-electron chi connectivity index (χ3n) is 5.62. The molecular formula is C18H24Br2O. The highest BCUT2D eigenvalue weighted by Crippen LogP contribution is 2.47. The minimum Gasteiger partial charge on any atom is -0.388 e. The third-order valence-corrected chi connectivity index (χ3v) is 7.16. The average molecular weight is 416 g/mol. The second-order valence-electron chi connectivity index (χ2n) is 6.95. The maximum absolute atomic E-state index is 10.9. The molecule has 0 radical (unpaired) electrons. The van der Waals surface area contributed by atoms with Crippen molar-refractivity contribution in [3.63, 3.8) is 0 Å². The number of rotatable bonds is 2. The first kappa shape index (κ1) is 16.0. The van der Waals surface area contributed by atoms with E-state index in [0.717, 1.165) is 26.3 Å². The van der Waals surface area contributed by atoms with Gasteiger partial charge in [0, 0.05) is 8.95 Å². The Kier molecular flexibility index (Phi) is 5.12. The molecule has 21 heavy (non-hydrogen) atoms. The summed E-state index contributed by atoms with van der Waals surface area (Å²) in [5.41, 5.74) is 2.25. The van der Waals surface area contributed by atoms with E-state index in [0.29, 0.717) is 5.92 Å². The standard InChI is InChI=1S/C18H24Br2O/c1-11-8-17(20)15(10-16(11)19)18(21)14-7-6-12-4-2-3-5-13(12)9-14/h8,10,12-14,18,21H,2-7,9H2,1H3. The summed E-state index contributed by atoms with van der Waals surface area (Å²) in [6.45, 7) is 2.08. The molecule has 0 saturated heterocycles. The molecule has 0 heterocycles. The van der Waals surface area contributed by atoms with Crippen molar-refractivity contribution in [1.29, 1.82) is 0 Å². The maximum Gasteiger partial charge on any atom is 0.0829 e. The minimum atomic E-state index is -0.334. The maximum atomic E-state index is 10.9. The van der Waals surface area contributed by atoms with Crippen LogP contribution in [0.15, 0.2) is 21.1 Å². The number of aliphatic hydroxyl groups is 1. The van der Waals surface area contributed by atoms with E-state index in [-0.39, 0.29) is 6.10 Å². The number of hydrogen-bond donors (Lipinski definition) is 1. The lowest BCUT2D eigenvalue weighted by Gasteiger charge is -2.41. The van der Waals surface area contributed by atoms with Crippen molar-refractivity contribution in [2.75, 3.05) is 0 Å². The van der Waals surface area contributed by atoms with Gasteiger partial charge in [-0.15, -0.1) is 0 Å². The smallest absolute Gasteiger partial charge is 0.0829 e. The molecule has 3 rings (SSSR count). The van der Waals surface area contributed by atoms with Gasteiger partial charge in [-0.25, -0.2) is 0 Å². The SMILES string of the molecule is Cc1cc(Br)c(C(O)C2CCC3CCCCC3C2)cc1Br. The van der Waals surface area contributed by atoms with E-state index in [2.05, 4.69) is 50.9 Å². The Morgan fingerprint density at radius 1 is 1.00 bits per heavy atom. The molecule has 2 aliphatic rings. The third kappa shape index (κ3) is 3.40. The van der Waals surface area contributed by atoms with Crippen LogP contribution in [0.5, 0.6) is 0 Å². The van der Waals surface area contributed by atoms with Gasteiger partial charge in [-0.1, -0.05) is 57.5 Å². The Morgan fingerprint density at radius 3 is 2.48 bits per heavy atom. The summed E-state index contributed by atoms with van der Waals surface area (Å²) < 4.78 is 2.13. The molecule has 116 valence electrons. The fraction of sp³-hybridized carbons (Fsp3) is 0.667. The Morgan fingerprint density at radius 2 is 1.71 bits per heavy atom. The summed E-state index contributed by atoms with van der Waals surface area (Å²) in [6.07, 6.45) is 8.99. The normalized spacial score (nSPS) is 30.8. The number of aryl methyl sites for hydroxylation is 1. The predicted octanol–water partition coefficient (Wildman–Crippen LogP) is 6.16. The highest BCUT2D eigenvalue weighted by atomic mass is 79.9. The topological polar surface area (TPSA) is 20.2 Å². The molecule has 0 spiro atoms. The van der Waals surface area contributed by atoms with Gasteiger partial charge in [0.2, 0.25) is 0 Å². The van der Waals surface area contributed by atoms with E-state index in [4.69, 9.17) is 0 Å². The molecule has 1 aromatic rings. The van der Waals surface area contributed by atoms with E-state index in [1.165, 1.54) is 50.5 Å². The van der Waals surface area contributed by atoms with Crippen molar-refractivity contribution in [3.8, 4) is 0 Å². The van der Waals surface area contributed by atoms with Crippen molar-refractivity contribution in [1.82, 2.24) is 0 Å². The molecule has 0 amide bonds.